The number of anilines is 1. The third-order valence-electron chi connectivity index (χ3n) is 2.44. The number of carboxylic acid groups (broad SMARTS) is 1. The Morgan fingerprint density at radius 2 is 1.89 bits per heavy atom. The molecule has 0 bridgehead atoms. The summed E-state index contributed by atoms with van der Waals surface area (Å²) in [6.07, 6.45) is 0. The molecule has 2 aromatic carbocycles. The van der Waals surface area contributed by atoms with Crippen molar-refractivity contribution in [2.75, 3.05) is 11.9 Å². The molecular weight excluding hydrogens is 248 g/mol. The Bertz CT molecular complexity index is 593. The fourth-order valence-electron chi connectivity index (χ4n) is 1.66. The summed E-state index contributed by atoms with van der Waals surface area (Å²) in [6, 6.07) is 13.7. The predicted molar refractivity (Wildman–Crippen MR) is 75.8 cm³/mol. The van der Waals surface area contributed by atoms with Crippen LogP contribution in [-0.4, -0.2) is 22.7 Å². The van der Waals surface area contributed by atoms with Gasteiger partial charge in [-0.3, -0.25) is 4.79 Å². The van der Waals surface area contributed by atoms with Crippen molar-refractivity contribution in [2.45, 2.75) is 0 Å². The van der Waals surface area contributed by atoms with E-state index in [4.69, 9.17) is 17.3 Å². The van der Waals surface area contributed by atoms with Crippen molar-refractivity contribution in [1.82, 2.24) is 5.32 Å². The number of fused-ring (bicyclic) bond motifs is 1. The van der Waals surface area contributed by atoms with Crippen molar-refractivity contribution in [3.05, 3.63) is 42.5 Å². The van der Waals surface area contributed by atoms with Gasteiger partial charge in [0.15, 0.2) is 5.11 Å². The summed E-state index contributed by atoms with van der Waals surface area (Å²) in [6.45, 7) is -0.198. The number of benzene rings is 2. The van der Waals surface area contributed by atoms with E-state index in [1.54, 1.807) is 0 Å². The lowest BCUT2D eigenvalue weighted by atomic mass is 10.1. The molecule has 2 aromatic rings. The summed E-state index contributed by atoms with van der Waals surface area (Å²) < 4.78 is 0. The van der Waals surface area contributed by atoms with E-state index >= 15 is 0 Å². The molecule has 4 nitrogen and oxygen atoms in total. The second-order valence-electron chi connectivity index (χ2n) is 3.73. The Morgan fingerprint density at radius 1 is 1.17 bits per heavy atom. The Kier molecular flexibility index (Phi) is 3.74. The van der Waals surface area contributed by atoms with Crippen molar-refractivity contribution in [1.29, 1.82) is 0 Å². The molecule has 0 amide bonds. The predicted octanol–water partition coefficient (Wildman–Crippen LogP) is 2.21. The lowest BCUT2D eigenvalue weighted by Crippen LogP contribution is -2.32. The van der Waals surface area contributed by atoms with Gasteiger partial charge in [-0.2, -0.15) is 0 Å². The zero-order chi connectivity index (χ0) is 13.0. The van der Waals surface area contributed by atoms with E-state index in [0.29, 0.717) is 5.11 Å². The number of hydrogen-bond donors (Lipinski definition) is 3. The molecule has 0 spiro atoms. The van der Waals surface area contributed by atoms with Crippen molar-refractivity contribution in [3.8, 4) is 0 Å². The van der Waals surface area contributed by atoms with Crippen molar-refractivity contribution < 1.29 is 9.90 Å². The highest BCUT2D eigenvalue weighted by Gasteiger charge is 2.03. The molecule has 0 unspecified atom stereocenters. The largest absolute Gasteiger partial charge is 0.480 e. The molecule has 0 radical (unpaired) electrons. The maximum Gasteiger partial charge on any atom is 0.322 e. The van der Waals surface area contributed by atoms with E-state index in [-0.39, 0.29) is 6.54 Å². The first kappa shape index (κ1) is 12.3. The summed E-state index contributed by atoms with van der Waals surface area (Å²) in [5, 5.41) is 16.6. The fraction of sp³-hybridized carbons (Fsp3) is 0.0769. The fourth-order valence-corrected chi connectivity index (χ4v) is 1.84. The maximum atomic E-state index is 10.4. The molecule has 2 rings (SSSR count). The molecule has 0 aliphatic carbocycles. The van der Waals surface area contributed by atoms with Crippen LogP contribution in [0.25, 0.3) is 10.8 Å². The van der Waals surface area contributed by atoms with Crippen LogP contribution >= 0.6 is 12.2 Å². The van der Waals surface area contributed by atoms with Crippen LogP contribution in [0.15, 0.2) is 42.5 Å². The van der Waals surface area contributed by atoms with Gasteiger partial charge in [0.2, 0.25) is 0 Å². The van der Waals surface area contributed by atoms with Crippen LogP contribution in [0.1, 0.15) is 0 Å². The lowest BCUT2D eigenvalue weighted by molar-refractivity contribution is -0.135. The first-order valence-corrected chi connectivity index (χ1v) is 5.82. The van der Waals surface area contributed by atoms with Gasteiger partial charge in [0.25, 0.3) is 0 Å². The van der Waals surface area contributed by atoms with E-state index in [1.165, 1.54) is 0 Å². The maximum absolute atomic E-state index is 10.4. The smallest absolute Gasteiger partial charge is 0.322 e. The van der Waals surface area contributed by atoms with E-state index < -0.39 is 5.97 Å². The number of aliphatic carboxylic acids is 1. The van der Waals surface area contributed by atoms with Gasteiger partial charge in [-0.25, -0.2) is 0 Å². The minimum Gasteiger partial charge on any atom is -0.480 e. The van der Waals surface area contributed by atoms with Crippen molar-refractivity contribution in [3.63, 3.8) is 0 Å². The highest BCUT2D eigenvalue weighted by molar-refractivity contribution is 7.80. The van der Waals surface area contributed by atoms with E-state index in [2.05, 4.69) is 10.6 Å². The van der Waals surface area contributed by atoms with Gasteiger partial charge in [-0.15, -0.1) is 0 Å². The van der Waals surface area contributed by atoms with Gasteiger partial charge in [0, 0.05) is 11.1 Å². The summed E-state index contributed by atoms with van der Waals surface area (Å²) in [5.41, 5.74) is 0.857. The molecule has 0 heterocycles. The molecule has 0 aliphatic heterocycles. The van der Waals surface area contributed by atoms with Gasteiger partial charge >= 0.3 is 5.97 Å². The van der Waals surface area contributed by atoms with Gasteiger partial charge < -0.3 is 15.7 Å². The zero-order valence-electron chi connectivity index (χ0n) is 9.51. The average molecular weight is 260 g/mol. The second kappa shape index (κ2) is 5.46. The number of carboxylic acids is 1. The number of hydrogen-bond acceptors (Lipinski definition) is 2. The molecule has 5 heteroatoms. The van der Waals surface area contributed by atoms with Crippen LogP contribution in [0.4, 0.5) is 5.69 Å². The minimum atomic E-state index is -0.947. The van der Waals surface area contributed by atoms with Crippen LogP contribution in [-0.2, 0) is 4.79 Å². The summed E-state index contributed by atoms with van der Waals surface area (Å²) in [5.74, 6) is -0.947. The molecule has 92 valence electrons. The highest BCUT2D eigenvalue weighted by Crippen LogP contribution is 2.22. The van der Waals surface area contributed by atoms with Crippen LogP contribution in [0, 0.1) is 0 Å². The molecule has 0 saturated carbocycles. The Hall–Kier alpha value is -2.14. The SMILES string of the molecule is O=C(O)CNC(=S)Nc1cccc2ccccc12. The van der Waals surface area contributed by atoms with E-state index in [1.807, 2.05) is 42.5 Å². The summed E-state index contributed by atoms with van der Waals surface area (Å²) in [4.78, 5) is 10.4. The Labute approximate surface area is 110 Å². The first-order chi connectivity index (χ1) is 8.66. The normalized spacial score (nSPS) is 10.0. The van der Waals surface area contributed by atoms with Gasteiger partial charge in [-0.1, -0.05) is 36.4 Å². The van der Waals surface area contributed by atoms with Gasteiger partial charge in [0.05, 0.1) is 0 Å². The third-order valence-corrected chi connectivity index (χ3v) is 2.68. The highest BCUT2D eigenvalue weighted by atomic mass is 32.1. The molecule has 0 fully saturated rings. The summed E-state index contributed by atoms with van der Waals surface area (Å²) in [7, 11) is 0. The molecule has 0 aliphatic rings. The van der Waals surface area contributed by atoms with E-state index in [0.717, 1.165) is 16.5 Å². The molecule has 3 N–H and O–H groups in total. The monoisotopic (exact) mass is 260 g/mol. The molecule has 0 atom stereocenters. The van der Waals surface area contributed by atoms with Gasteiger partial charge in [0.1, 0.15) is 6.54 Å². The Morgan fingerprint density at radius 3 is 2.67 bits per heavy atom. The molecule has 0 aromatic heterocycles. The molecular formula is C13H12N2O2S. The minimum absolute atomic E-state index is 0.198. The quantitative estimate of drug-likeness (QED) is 0.739. The standard InChI is InChI=1S/C13H12N2O2S/c16-12(17)8-14-13(18)15-11-7-3-5-9-4-1-2-6-10(9)11/h1-7H,8H2,(H,16,17)(H2,14,15,18). The molecule has 18 heavy (non-hydrogen) atoms. The third kappa shape index (κ3) is 2.95. The number of thiocarbonyl (C=S) groups is 1. The molecule has 0 saturated heterocycles. The van der Waals surface area contributed by atoms with Crippen LogP contribution in [0.2, 0.25) is 0 Å². The number of carbonyl (C=O) groups is 1. The zero-order valence-corrected chi connectivity index (χ0v) is 10.3. The number of nitrogens with one attached hydrogen (secondary N) is 2. The average Bonchev–Trinajstić information content (AvgIpc) is 2.37. The van der Waals surface area contributed by atoms with Crippen LogP contribution in [0.5, 0.6) is 0 Å². The number of rotatable bonds is 3. The second-order valence-corrected chi connectivity index (χ2v) is 4.14. The Balaban J connectivity index is 2.16. The van der Waals surface area contributed by atoms with Crippen LogP contribution in [0.3, 0.4) is 0 Å². The van der Waals surface area contributed by atoms with Crippen molar-refractivity contribution in [2.24, 2.45) is 0 Å². The van der Waals surface area contributed by atoms with Gasteiger partial charge in [-0.05, 0) is 23.7 Å². The first-order valence-electron chi connectivity index (χ1n) is 5.41. The summed E-state index contributed by atoms with van der Waals surface area (Å²) >= 11 is 5.03. The van der Waals surface area contributed by atoms with Crippen LogP contribution < -0.4 is 10.6 Å². The lowest BCUT2D eigenvalue weighted by Gasteiger charge is -2.11. The van der Waals surface area contributed by atoms with Crippen molar-refractivity contribution >= 4 is 39.8 Å². The van der Waals surface area contributed by atoms with E-state index in [9.17, 15) is 4.79 Å². The topological polar surface area (TPSA) is 61.4 Å².